The van der Waals surface area contributed by atoms with Crippen LogP contribution in [-0.4, -0.2) is 34.8 Å². The summed E-state index contributed by atoms with van der Waals surface area (Å²) in [7, 11) is 1.36. The third-order valence-electron chi connectivity index (χ3n) is 2.01. The largest absolute Gasteiger partial charge is 0.504 e. The normalized spacial score (nSPS) is 14.3. The van der Waals surface area contributed by atoms with Crippen LogP contribution in [0.2, 0.25) is 0 Å². The van der Waals surface area contributed by atoms with Gasteiger partial charge in [0.15, 0.2) is 17.8 Å². The van der Waals surface area contributed by atoms with Gasteiger partial charge in [-0.3, -0.25) is 0 Å². The van der Waals surface area contributed by atoms with Gasteiger partial charge in [0.1, 0.15) is 12.2 Å². The predicted octanol–water partition coefficient (Wildman–Crippen LogP) is -0.00600. The standard InChI is InChI=1S/C10H12O5/c1-15-9-4-6(2-3-7(9)12)10(14)8(13)5-11/h2-5,8,10,12-14H,1H3. The predicted molar refractivity (Wildman–Crippen MR) is 51.7 cm³/mol. The molecule has 1 rings (SSSR count). The summed E-state index contributed by atoms with van der Waals surface area (Å²) in [5.41, 5.74) is 0.296. The van der Waals surface area contributed by atoms with Gasteiger partial charge in [-0.1, -0.05) is 6.07 Å². The Morgan fingerprint density at radius 1 is 1.40 bits per heavy atom. The van der Waals surface area contributed by atoms with E-state index in [1.54, 1.807) is 0 Å². The van der Waals surface area contributed by atoms with E-state index >= 15 is 0 Å². The maximum Gasteiger partial charge on any atom is 0.160 e. The molecule has 2 atom stereocenters. The minimum atomic E-state index is -1.49. The van der Waals surface area contributed by atoms with Crippen molar-refractivity contribution in [3.8, 4) is 11.5 Å². The molecule has 15 heavy (non-hydrogen) atoms. The molecule has 2 unspecified atom stereocenters. The average molecular weight is 212 g/mol. The summed E-state index contributed by atoms with van der Waals surface area (Å²) in [5.74, 6) is 0.0960. The summed E-state index contributed by atoms with van der Waals surface area (Å²) in [5, 5.41) is 27.8. The first kappa shape index (κ1) is 11.5. The lowest BCUT2D eigenvalue weighted by atomic mass is 10.0. The summed E-state index contributed by atoms with van der Waals surface area (Å²) >= 11 is 0. The molecule has 1 aromatic rings. The molecule has 0 aliphatic heterocycles. The molecular formula is C10H12O5. The van der Waals surface area contributed by atoms with Gasteiger partial charge in [0.2, 0.25) is 0 Å². The number of aldehydes is 1. The second-order valence-corrected chi connectivity index (χ2v) is 3.00. The summed E-state index contributed by atoms with van der Waals surface area (Å²) in [4.78, 5) is 10.3. The second-order valence-electron chi connectivity index (χ2n) is 3.00. The molecule has 0 aliphatic rings. The molecule has 0 fully saturated rings. The Balaban J connectivity index is 3.00. The van der Waals surface area contributed by atoms with Crippen LogP contribution in [0.4, 0.5) is 0 Å². The molecule has 82 valence electrons. The number of aromatic hydroxyl groups is 1. The smallest absolute Gasteiger partial charge is 0.160 e. The number of phenols is 1. The quantitative estimate of drug-likeness (QED) is 0.611. The maximum atomic E-state index is 10.3. The Morgan fingerprint density at radius 2 is 2.07 bits per heavy atom. The number of carbonyl (C=O) groups excluding carboxylic acids is 1. The van der Waals surface area contributed by atoms with Crippen molar-refractivity contribution in [2.75, 3.05) is 7.11 Å². The van der Waals surface area contributed by atoms with Crippen LogP contribution in [0.15, 0.2) is 18.2 Å². The van der Waals surface area contributed by atoms with Gasteiger partial charge in [0, 0.05) is 0 Å². The molecule has 0 saturated carbocycles. The summed E-state index contributed by atoms with van der Waals surface area (Å²) in [6, 6.07) is 4.07. The summed E-state index contributed by atoms with van der Waals surface area (Å²) in [6.45, 7) is 0. The van der Waals surface area contributed by atoms with E-state index < -0.39 is 12.2 Å². The first-order valence-corrected chi connectivity index (χ1v) is 4.28. The lowest BCUT2D eigenvalue weighted by Gasteiger charge is -2.14. The first-order valence-electron chi connectivity index (χ1n) is 4.28. The summed E-state index contributed by atoms with van der Waals surface area (Å²) < 4.78 is 4.82. The van der Waals surface area contributed by atoms with E-state index in [0.29, 0.717) is 5.56 Å². The van der Waals surface area contributed by atoms with E-state index in [0.717, 1.165) is 0 Å². The number of benzene rings is 1. The zero-order valence-electron chi connectivity index (χ0n) is 8.12. The highest BCUT2D eigenvalue weighted by atomic mass is 16.5. The summed E-state index contributed by atoms with van der Waals surface area (Å²) in [6.07, 6.45) is -2.57. The molecular weight excluding hydrogens is 200 g/mol. The van der Waals surface area contributed by atoms with Gasteiger partial charge in [-0.2, -0.15) is 0 Å². The molecule has 0 saturated heterocycles. The van der Waals surface area contributed by atoms with Gasteiger partial charge in [-0.25, -0.2) is 0 Å². The zero-order chi connectivity index (χ0) is 11.4. The van der Waals surface area contributed by atoms with Gasteiger partial charge >= 0.3 is 0 Å². The number of methoxy groups -OCH3 is 1. The number of carbonyl (C=O) groups is 1. The maximum absolute atomic E-state index is 10.3. The van der Waals surface area contributed by atoms with Crippen LogP contribution >= 0.6 is 0 Å². The molecule has 0 heterocycles. The monoisotopic (exact) mass is 212 g/mol. The minimum absolute atomic E-state index is 0.0750. The van der Waals surface area contributed by atoms with Gasteiger partial charge in [-0.15, -0.1) is 0 Å². The molecule has 0 amide bonds. The van der Waals surface area contributed by atoms with E-state index in [4.69, 9.17) is 9.84 Å². The molecule has 0 aliphatic carbocycles. The zero-order valence-corrected chi connectivity index (χ0v) is 8.12. The SMILES string of the molecule is COc1cc(C(O)C(O)C=O)ccc1O. The Labute approximate surface area is 86.5 Å². The van der Waals surface area contributed by atoms with Crippen molar-refractivity contribution in [1.82, 2.24) is 0 Å². The number of hydrogen-bond acceptors (Lipinski definition) is 5. The van der Waals surface area contributed by atoms with Crippen LogP contribution < -0.4 is 4.74 Å². The van der Waals surface area contributed by atoms with E-state index in [1.165, 1.54) is 25.3 Å². The highest BCUT2D eigenvalue weighted by molar-refractivity contribution is 5.58. The Hall–Kier alpha value is -1.59. The first-order chi connectivity index (χ1) is 7.10. The van der Waals surface area contributed by atoms with Gasteiger partial charge < -0.3 is 24.9 Å². The minimum Gasteiger partial charge on any atom is -0.504 e. The Kier molecular flexibility index (Phi) is 3.65. The average Bonchev–Trinajstić information content (AvgIpc) is 2.27. The van der Waals surface area contributed by atoms with Gasteiger partial charge in [0.05, 0.1) is 7.11 Å². The van der Waals surface area contributed by atoms with Crippen molar-refractivity contribution in [3.63, 3.8) is 0 Å². The Bertz CT molecular complexity index is 350. The molecule has 5 heteroatoms. The molecule has 0 spiro atoms. The van der Waals surface area contributed by atoms with E-state index in [1.807, 2.05) is 0 Å². The van der Waals surface area contributed by atoms with Crippen molar-refractivity contribution in [3.05, 3.63) is 23.8 Å². The van der Waals surface area contributed by atoms with Crippen LogP contribution in [0, 0.1) is 0 Å². The van der Waals surface area contributed by atoms with Crippen LogP contribution in [0.5, 0.6) is 11.5 Å². The molecule has 0 aromatic heterocycles. The topological polar surface area (TPSA) is 87.0 Å². The third-order valence-corrected chi connectivity index (χ3v) is 2.01. The number of aliphatic hydroxyl groups is 2. The van der Waals surface area contributed by atoms with Crippen molar-refractivity contribution in [2.45, 2.75) is 12.2 Å². The number of ether oxygens (including phenoxy) is 1. The van der Waals surface area contributed by atoms with Crippen molar-refractivity contribution < 1.29 is 24.9 Å². The molecule has 1 aromatic carbocycles. The Morgan fingerprint density at radius 3 is 2.60 bits per heavy atom. The van der Waals surface area contributed by atoms with Crippen molar-refractivity contribution >= 4 is 6.29 Å². The van der Waals surface area contributed by atoms with Crippen LogP contribution in [-0.2, 0) is 4.79 Å². The van der Waals surface area contributed by atoms with Gasteiger partial charge in [0.25, 0.3) is 0 Å². The third kappa shape index (κ3) is 2.45. The van der Waals surface area contributed by atoms with Crippen LogP contribution in [0.25, 0.3) is 0 Å². The van der Waals surface area contributed by atoms with E-state index in [2.05, 4.69) is 0 Å². The van der Waals surface area contributed by atoms with Crippen molar-refractivity contribution in [1.29, 1.82) is 0 Å². The number of aliphatic hydroxyl groups excluding tert-OH is 2. The second kappa shape index (κ2) is 4.77. The van der Waals surface area contributed by atoms with E-state index in [-0.39, 0.29) is 17.8 Å². The molecule has 0 radical (unpaired) electrons. The highest BCUT2D eigenvalue weighted by Crippen LogP contribution is 2.29. The molecule has 3 N–H and O–H groups in total. The molecule has 0 bridgehead atoms. The highest BCUT2D eigenvalue weighted by Gasteiger charge is 2.18. The lowest BCUT2D eigenvalue weighted by Crippen LogP contribution is -2.19. The van der Waals surface area contributed by atoms with Crippen LogP contribution in [0.3, 0.4) is 0 Å². The van der Waals surface area contributed by atoms with Crippen molar-refractivity contribution in [2.24, 2.45) is 0 Å². The van der Waals surface area contributed by atoms with E-state index in [9.17, 15) is 15.0 Å². The fraction of sp³-hybridized carbons (Fsp3) is 0.300. The van der Waals surface area contributed by atoms with Crippen LogP contribution in [0.1, 0.15) is 11.7 Å². The number of phenolic OH excluding ortho intramolecular Hbond substituents is 1. The number of rotatable bonds is 4. The van der Waals surface area contributed by atoms with Gasteiger partial charge in [-0.05, 0) is 17.7 Å². The molecule has 5 nitrogen and oxygen atoms in total. The fourth-order valence-corrected chi connectivity index (χ4v) is 1.15. The fourth-order valence-electron chi connectivity index (χ4n) is 1.15. The number of hydrogen-bond donors (Lipinski definition) is 3. The lowest BCUT2D eigenvalue weighted by molar-refractivity contribution is -0.120.